The molecule has 72 valence electrons. The van der Waals surface area contributed by atoms with E-state index in [1.807, 2.05) is 19.1 Å². The Morgan fingerprint density at radius 1 is 1.62 bits per heavy atom. The van der Waals surface area contributed by atoms with Crippen LogP contribution in [0.1, 0.15) is 25.1 Å². The van der Waals surface area contributed by atoms with Crippen molar-refractivity contribution in [3.63, 3.8) is 0 Å². The molecular formula is C10H16N2O. The minimum atomic E-state index is -0.730. The van der Waals surface area contributed by atoms with E-state index in [1.165, 1.54) is 0 Å². The van der Waals surface area contributed by atoms with Crippen molar-refractivity contribution in [2.45, 2.75) is 25.8 Å². The van der Waals surface area contributed by atoms with E-state index in [4.69, 9.17) is 10.8 Å². The molecule has 3 nitrogen and oxygen atoms in total. The second-order valence-corrected chi connectivity index (χ2v) is 3.44. The molecule has 0 saturated heterocycles. The lowest BCUT2D eigenvalue weighted by molar-refractivity contribution is 0.206. The zero-order valence-corrected chi connectivity index (χ0v) is 8.12. The molecule has 13 heavy (non-hydrogen) atoms. The van der Waals surface area contributed by atoms with Crippen molar-refractivity contribution in [3.05, 3.63) is 29.6 Å². The summed E-state index contributed by atoms with van der Waals surface area (Å²) in [5.41, 5.74) is 7.06. The summed E-state index contributed by atoms with van der Waals surface area (Å²) in [6, 6.07) is 3.87. The predicted molar refractivity (Wildman–Crippen MR) is 52.2 cm³/mol. The molecular weight excluding hydrogens is 164 g/mol. The molecule has 0 fully saturated rings. The van der Waals surface area contributed by atoms with Gasteiger partial charge in [0, 0.05) is 6.20 Å². The van der Waals surface area contributed by atoms with Crippen LogP contribution in [-0.2, 0) is 12.0 Å². The van der Waals surface area contributed by atoms with Gasteiger partial charge in [0.25, 0.3) is 0 Å². The van der Waals surface area contributed by atoms with Crippen LogP contribution in [0, 0.1) is 0 Å². The normalized spacial score (nSPS) is 15.4. The summed E-state index contributed by atoms with van der Waals surface area (Å²) >= 11 is 0. The molecule has 1 heterocycles. The highest BCUT2D eigenvalue weighted by atomic mass is 16.3. The number of aliphatic hydroxyl groups is 1. The van der Waals surface area contributed by atoms with Gasteiger partial charge in [0.15, 0.2) is 0 Å². The lowest BCUT2D eigenvalue weighted by atomic mass is 9.94. The van der Waals surface area contributed by atoms with Gasteiger partial charge in [0.05, 0.1) is 17.8 Å². The molecule has 0 amide bonds. The third-order valence-electron chi connectivity index (χ3n) is 2.14. The molecule has 3 heteroatoms. The average Bonchev–Trinajstić information content (AvgIpc) is 2.18. The Morgan fingerprint density at radius 2 is 2.31 bits per heavy atom. The van der Waals surface area contributed by atoms with E-state index in [9.17, 15) is 0 Å². The number of aryl methyl sites for hydroxylation is 1. The van der Waals surface area contributed by atoms with Crippen LogP contribution in [0.15, 0.2) is 18.3 Å². The van der Waals surface area contributed by atoms with Crippen molar-refractivity contribution in [1.82, 2.24) is 4.98 Å². The summed E-state index contributed by atoms with van der Waals surface area (Å²) in [4.78, 5) is 4.21. The number of nitrogens with two attached hydrogens (primary N) is 1. The molecule has 1 atom stereocenters. The molecule has 0 spiro atoms. The van der Waals surface area contributed by atoms with Gasteiger partial charge >= 0.3 is 0 Å². The lowest BCUT2D eigenvalue weighted by Gasteiger charge is -2.23. The summed E-state index contributed by atoms with van der Waals surface area (Å²) in [5.74, 6) is 0. The zero-order chi connectivity index (χ0) is 9.90. The molecule has 0 aromatic carbocycles. The number of hydrogen-bond donors (Lipinski definition) is 2. The Hall–Kier alpha value is -0.930. The van der Waals surface area contributed by atoms with Crippen LogP contribution in [0.25, 0.3) is 0 Å². The van der Waals surface area contributed by atoms with Crippen LogP contribution in [0.4, 0.5) is 0 Å². The topological polar surface area (TPSA) is 59.1 Å². The molecule has 1 rings (SSSR count). The first kappa shape index (κ1) is 10.2. The smallest absolute Gasteiger partial charge is 0.0791 e. The first-order valence-electron chi connectivity index (χ1n) is 4.46. The fraction of sp³-hybridized carbons (Fsp3) is 0.500. The number of nitrogens with zero attached hydrogens (tertiary/aromatic N) is 1. The van der Waals surface area contributed by atoms with Gasteiger partial charge in [0.2, 0.25) is 0 Å². The Kier molecular flexibility index (Phi) is 3.01. The number of aliphatic hydroxyl groups excluding tert-OH is 1. The number of aromatic nitrogens is 1. The maximum atomic E-state index is 9.10. The second-order valence-electron chi connectivity index (χ2n) is 3.44. The minimum absolute atomic E-state index is 0.0863. The van der Waals surface area contributed by atoms with Gasteiger partial charge in [-0.05, 0) is 25.0 Å². The Morgan fingerprint density at radius 3 is 2.85 bits per heavy atom. The monoisotopic (exact) mass is 180 g/mol. The van der Waals surface area contributed by atoms with Gasteiger partial charge in [0.1, 0.15) is 0 Å². The molecule has 1 aromatic heterocycles. The summed E-state index contributed by atoms with van der Waals surface area (Å²) in [6.07, 6.45) is 2.59. The van der Waals surface area contributed by atoms with Crippen molar-refractivity contribution in [2.75, 3.05) is 6.61 Å². The number of rotatable bonds is 3. The number of hydrogen-bond acceptors (Lipinski definition) is 3. The SMILES string of the molecule is CCc1cccnc1[C@](C)(N)CO. The molecule has 0 unspecified atom stereocenters. The molecule has 0 saturated carbocycles. The predicted octanol–water partition coefficient (Wildman–Crippen LogP) is 0.810. The molecule has 0 bridgehead atoms. The Balaban J connectivity index is 3.12. The summed E-state index contributed by atoms with van der Waals surface area (Å²) in [5, 5.41) is 9.10. The van der Waals surface area contributed by atoms with Crippen molar-refractivity contribution >= 4 is 0 Å². The van der Waals surface area contributed by atoms with E-state index >= 15 is 0 Å². The maximum absolute atomic E-state index is 9.10. The van der Waals surface area contributed by atoms with E-state index in [-0.39, 0.29) is 6.61 Å². The van der Waals surface area contributed by atoms with Gasteiger partial charge in [-0.3, -0.25) is 4.98 Å². The van der Waals surface area contributed by atoms with Crippen LogP contribution in [-0.4, -0.2) is 16.7 Å². The van der Waals surface area contributed by atoms with Gasteiger partial charge in [-0.1, -0.05) is 13.0 Å². The van der Waals surface area contributed by atoms with Crippen LogP contribution < -0.4 is 5.73 Å². The molecule has 3 N–H and O–H groups in total. The Labute approximate surface area is 78.6 Å². The van der Waals surface area contributed by atoms with E-state index in [2.05, 4.69) is 4.98 Å². The Bertz CT molecular complexity index is 284. The van der Waals surface area contributed by atoms with Crippen LogP contribution in [0.2, 0.25) is 0 Å². The molecule has 1 aromatic rings. The highest BCUT2D eigenvalue weighted by molar-refractivity contribution is 5.26. The fourth-order valence-electron chi connectivity index (χ4n) is 1.31. The molecule has 0 aliphatic carbocycles. The summed E-state index contributed by atoms with van der Waals surface area (Å²) < 4.78 is 0. The summed E-state index contributed by atoms with van der Waals surface area (Å²) in [6.45, 7) is 3.75. The first-order chi connectivity index (χ1) is 6.11. The summed E-state index contributed by atoms with van der Waals surface area (Å²) in [7, 11) is 0. The third kappa shape index (κ3) is 2.05. The van der Waals surface area contributed by atoms with Gasteiger partial charge in [-0.2, -0.15) is 0 Å². The first-order valence-corrected chi connectivity index (χ1v) is 4.46. The average molecular weight is 180 g/mol. The maximum Gasteiger partial charge on any atom is 0.0791 e. The third-order valence-corrected chi connectivity index (χ3v) is 2.14. The minimum Gasteiger partial charge on any atom is -0.394 e. The largest absolute Gasteiger partial charge is 0.394 e. The van der Waals surface area contributed by atoms with Crippen molar-refractivity contribution in [2.24, 2.45) is 5.73 Å². The molecule has 0 aliphatic rings. The molecule has 0 aliphatic heterocycles. The van der Waals surface area contributed by atoms with Crippen molar-refractivity contribution in [1.29, 1.82) is 0 Å². The van der Waals surface area contributed by atoms with E-state index < -0.39 is 5.54 Å². The van der Waals surface area contributed by atoms with Gasteiger partial charge in [-0.15, -0.1) is 0 Å². The quantitative estimate of drug-likeness (QED) is 0.723. The van der Waals surface area contributed by atoms with E-state index in [0.29, 0.717) is 0 Å². The highest BCUT2D eigenvalue weighted by Crippen LogP contribution is 2.18. The lowest BCUT2D eigenvalue weighted by Crippen LogP contribution is -2.38. The fourth-order valence-corrected chi connectivity index (χ4v) is 1.31. The van der Waals surface area contributed by atoms with Gasteiger partial charge < -0.3 is 10.8 Å². The standard InChI is InChI=1S/C10H16N2O/c1-3-8-5-4-6-12-9(8)10(2,11)7-13/h4-6,13H,3,7,11H2,1-2H3/t10-/m1/s1. The van der Waals surface area contributed by atoms with Crippen LogP contribution >= 0.6 is 0 Å². The zero-order valence-electron chi connectivity index (χ0n) is 8.12. The van der Waals surface area contributed by atoms with Crippen molar-refractivity contribution < 1.29 is 5.11 Å². The van der Waals surface area contributed by atoms with Crippen LogP contribution in [0.5, 0.6) is 0 Å². The van der Waals surface area contributed by atoms with Crippen LogP contribution in [0.3, 0.4) is 0 Å². The molecule has 0 radical (unpaired) electrons. The van der Waals surface area contributed by atoms with E-state index in [0.717, 1.165) is 17.7 Å². The second kappa shape index (κ2) is 3.85. The highest BCUT2D eigenvalue weighted by Gasteiger charge is 2.23. The number of pyridine rings is 1. The van der Waals surface area contributed by atoms with Gasteiger partial charge in [-0.25, -0.2) is 0 Å². The van der Waals surface area contributed by atoms with Crippen molar-refractivity contribution in [3.8, 4) is 0 Å². The van der Waals surface area contributed by atoms with E-state index in [1.54, 1.807) is 13.1 Å².